The highest BCUT2D eigenvalue weighted by Crippen LogP contribution is 2.41. The number of nitrogens with zero attached hydrogens (tertiary/aromatic N) is 2. The van der Waals surface area contributed by atoms with Crippen LogP contribution in [0.4, 0.5) is 10.1 Å². The van der Waals surface area contributed by atoms with Gasteiger partial charge in [0.25, 0.3) is 0 Å². The van der Waals surface area contributed by atoms with Crippen LogP contribution in [0.25, 0.3) is 0 Å². The third-order valence-corrected chi connectivity index (χ3v) is 6.16. The van der Waals surface area contributed by atoms with Crippen LogP contribution in [0, 0.1) is 11.7 Å². The highest BCUT2D eigenvalue weighted by Gasteiger charge is 2.44. The second-order valence-electron chi connectivity index (χ2n) is 8.03. The van der Waals surface area contributed by atoms with Crippen LogP contribution in [-0.2, 0) is 4.79 Å². The minimum Gasteiger partial charge on any atom is -0.325 e. The van der Waals surface area contributed by atoms with E-state index in [0.29, 0.717) is 23.7 Å². The summed E-state index contributed by atoms with van der Waals surface area (Å²) in [5.41, 5.74) is 8.39. The average molecular weight is 369 g/mol. The SMILES string of the molecule is O=C(Nc1ccc(F)cc1)C1NNC2CCC(c3cnn(C4CC4)c3)CC21. The summed E-state index contributed by atoms with van der Waals surface area (Å²) < 4.78 is 15.2. The molecule has 7 heteroatoms. The van der Waals surface area contributed by atoms with E-state index in [4.69, 9.17) is 0 Å². The molecule has 6 nitrogen and oxygen atoms in total. The molecule has 0 spiro atoms. The van der Waals surface area contributed by atoms with Gasteiger partial charge in [-0.2, -0.15) is 5.10 Å². The van der Waals surface area contributed by atoms with Crippen molar-refractivity contribution in [3.05, 3.63) is 48.0 Å². The predicted molar refractivity (Wildman–Crippen MR) is 99.5 cm³/mol. The first-order valence-electron chi connectivity index (χ1n) is 9.79. The molecule has 142 valence electrons. The minimum absolute atomic E-state index is 0.0732. The predicted octanol–water partition coefficient (Wildman–Crippen LogP) is 2.72. The van der Waals surface area contributed by atoms with Gasteiger partial charge in [0.1, 0.15) is 11.9 Å². The van der Waals surface area contributed by atoms with E-state index in [9.17, 15) is 9.18 Å². The van der Waals surface area contributed by atoms with Gasteiger partial charge in [0, 0.05) is 23.8 Å². The van der Waals surface area contributed by atoms with Gasteiger partial charge in [0.2, 0.25) is 5.91 Å². The molecule has 2 heterocycles. The zero-order chi connectivity index (χ0) is 18.4. The maximum Gasteiger partial charge on any atom is 0.243 e. The number of rotatable bonds is 4. The Labute approximate surface area is 157 Å². The van der Waals surface area contributed by atoms with Crippen molar-refractivity contribution in [2.45, 2.75) is 56.1 Å². The Bertz CT molecular complexity index is 831. The molecule has 0 radical (unpaired) electrons. The number of amides is 1. The standard InChI is InChI=1S/C20H24FN5O/c21-14-2-4-15(5-3-14)23-20(27)19-17-9-12(1-8-18(17)24-25-19)13-10-22-26(11-13)16-6-7-16/h2-5,10-12,16-19,24-25H,1,6-9H2,(H,23,27). The number of hydrazine groups is 1. The van der Waals surface area contributed by atoms with Crippen molar-refractivity contribution in [3.63, 3.8) is 0 Å². The number of benzene rings is 1. The lowest BCUT2D eigenvalue weighted by molar-refractivity contribution is -0.119. The molecule has 2 aromatic rings. The molecule has 1 aliphatic heterocycles. The molecular weight excluding hydrogens is 345 g/mol. The van der Waals surface area contributed by atoms with Crippen LogP contribution in [0.2, 0.25) is 0 Å². The van der Waals surface area contributed by atoms with Crippen molar-refractivity contribution in [3.8, 4) is 0 Å². The monoisotopic (exact) mass is 369 g/mol. The maximum absolute atomic E-state index is 13.1. The smallest absolute Gasteiger partial charge is 0.243 e. The lowest BCUT2D eigenvalue weighted by Gasteiger charge is -2.32. The highest BCUT2D eigenvalue weighted by atomic mass is 19.1. The molecule has 1 saturated heterocycles. The molecule has 1 amide bonds. The summed E-state index contributed by atoms with van der Waals surface area (Å²) in [6.07, 6.45) is 9.78. The van der Waals surface area contributed by atoms with E-state index in [2.05, 4.69) is 32.1 Å². The van der Waals surface area contributed by atoms with Gasteiger partial charge in [0.05, 0.1) is 12.2 Å². The quantitative estimate of drug-likeness (QED) is 0.775. The molecule has 2 saturated carbocycles. The molecule has 4 atom stereocenters. The maximum atomic E-state index is 13.1. The molecule has 0 bridgehead atoms. The van der Waals surface area contributed by atoms with Gasteiger partial charge in [0.15, 0.2) is 0 Å². The lowest BCUT2D eigenvalue weighted by atomic mass is 9.74. The normalized spacial score (nSPS) is 30.1. The van der Waals surface area contributed by atoms with Crippen LogP contribution in [0.3, 0.4) is 0 Å². The second-order valence-corrected chi connectivity index (χ2v) is 8.03. The average Bonchev–Trinajstić information content (AvgIpc) is 3.25. The molecule has 3 aliphatic rings. The molecular formula is C20H24FN5O. The molecule has 5 rings (SSSR count). The largest absolute Gasteiger partial charge is 0.325 e. The summed E-state index contributed by atoms with van der Waals surface area (Å²) in [6.45, 7) is 0. The van der Waals surface area contributed by atoms with Gasteiger partial charge in [-0.05, 0) is 67.9 Å². The van der Waals surface area contributed by atoms with Gasteiger partial charge < -0.3 is 5.32 Å². The Kier molecular flexibility index (Phi) is 4.21. The van der Waals surface area contributed by atoms with Crippen molar-refractivity contribution >= 4 is 11.6 Å². The number of carbonyl (C=O) groups is 1. The van der Waals surface area contributed by atoms with E-state index in [1.54, 1.807) is 12.1 Å². The van der Waals surface area contributed by atoms with Crippen molar-refractivity contribution in [2.75, 3.05) is 5.32 Å². The Morgan fingerprint density at radius 1 is 1.15 bits per heavy atom. The molecule has 1 aromatic heterocycles. The van der Waals surface area contributed by atoms with Gasteiger partial charge in [-0.3, -0.25) is 14.9 Å². The number of hydrogen-bond donors (Lipinski definition) is 3. The zero-order valence-corrected chi connectivity index (χ0v) is 15.1. The van der Waals surface area contributed by atoms with E-state index in [1.165, 1.54) is 30.5 Å². The fourth-order valence-corrected chi connectivity index (χ4v) is 4.48. The summed E-state index contributed by atoms with van der Waals surface area (Å²) in [5.74, 6) is 0.293. The number of aromatic nitrogens is 2. The van der Waals surface area contributed by atoms with E-state index in [1.807, 2.05) is 6.20 Å². The van der Waals surface area contributed by atoms with Crippen molar-refractivity contribution in [2.24, 2.45) is 5.92 Å². The summed E-state index contributed by atoms with van der Waals surface area (Å²) in [4.78, 5) is 12.8. The van der Waals surface area contributed by atoms with Crippen LogP contribution >= 0.6 is 0 Å². The van der Waals surface area contributed by atoms with Gasteiger partial charge >= 0.3 is 0 Å². The Morgan fingerprint density at radius 2 is 1.96 bits per heavy atom. The van der Waals surface area contributed by atoms with Crippen molar-refractivity contribution < 1.29 is 9.18 Å². The summed E-state index contributed by atoms with van der Waals surface area (Å²) in [5, 5.41) is 7.43. The summed E-state index contributed by atoms with van der Waals surface area (Å²) in [6, 6.07) is 6.50. The Hall–Kier alpha value is -2.25. The Balaban J connectivity index is 1.27. The molecule has 4 unspecified atom stereocenters. The third-order valence-electron chi connectivity index (χ3n) is 6.16. The number of hydrogen-bond acceptors (Lipinski definition) is 4. The molecule has 2 aliphatic carbocycles. The summed E-state index contributed by atoms with van der Waals surface area (Å²) in [7, 11) is 0. The van der Waals surface area contributed by atoms with Crippen molar-refractivity contribution in [1.29, 1.82) is 0 Å². The second kappa shape index (κ2) is 6.73. The minimum atomic E-state index is -0.310. The fourth-order valence-electron chi connectivity index (χ4n) is 4.48. The lowest BCUT2D eigenvalue weighted by Crippen LogP contribution is -2.42. The highest BCUT2D eigenvalue weighted by molar-refractivity contribution is 5.95. The molecule has 3 fully saturated rings. The molecule has 1 aromatic carbocycles. The van der Waals surface area contributed by atoms with E-state index < -0.39 is 0 Å². The first kappa shape index (κ1) is 16.9. The third kappa shape index (κ3) is 3.37. The van der Waals surface area contributed by atoms with Crippen molar-refractivity contribution in [1.82, 2.24) is 20.6 Å². The van der Waals surface area contributed by atoms with Crippen LogP contribution < -0.4 is 16.2 Å². The van der Waals surface area contributed by atoms with Crippen LogP contribution in [0.15, 0.2) is 36.7 Å². The first-order valence-corrected chi connectivity index (χ1v) is 9.79. The topological polar surface area (TPSA) is 71.0 Å². The van der Waals surface area contributed by atoms with Crippen LogP contribution in [-0.4, -0.2) is 27.8 Å². The van der Waals surface area contributed by atoms with Gasteiger partial charge in [-0.1, -0.05) is 0 Å². The summed E-state index contributed by atoms with van der Waals surface area (Å²) >= 11 is 0. The first-order chi connectivity index (χ1) is 13.2. The van der Waals surface area contributed by atoms with Crippen LogP contribution in [0.5, 0.6) is 0 Å². The van der Waals surface area contributed by atoms with Gasteiger partial charge in [-0.25, -0.2) is 9.82 Å². The number of halogens is 1. The number of fused-ring (bicyclic) bond motifs is 1. The van der Waals surface area contributed by atoms with Crippen LogP contribution in [0.1, 0.15) is 49.6 Å². The number of anilines is 1. The van der Waals surface area contributed by atoms with E-state index >= 15 is 0 Å². The molecule has 3 N–H and O–H groups in total. The zero-order valence-electron chi connectivity index (χ0n) is 15.1. The van der Waals surface area contributed by atoms with E-state index in [-0.39, 0.29) is 23.7 Å². The Morgan fingerprint density at radius 3 is 2.74 bits per heavy atom. The molecule has 27 heavy (non-hydrogen) atoms. The number of nitrogens with one attached hydrogen (secondary N) is 3. The fraction of sp³-hybridized carbons (Fsp3) is 0.500. The van der Waals surface area contributed by atoms with E-state index in [0.717, 1.165) is 19.3 Å². The number of carbonyl (C=O) groups excluding carboxylic acids is 1. The van der Waals surface area contributed by atoms with Gasteiger partial charge in [-0.15, -0.1) is 0 Å².